The van der Waals surface area contributed by atoms with Crippen molar-refractivity contribution >= 4 is 37.7 Å². The average molecular weight is 363 g/mol. The van der Waals surface area contributed by atoms with Crippen LogP contribution in [0.5, 0.6) is 0 Å². The number of anilines is 1. The Morgan fingerprint density at radius 3 is 2.35 bits per heavy atom. The quantitative estimate of drug-likeness (QED) is 0.721. The maximum absolute atomic E-state index is 12.4. The highest BCUT2D eigenvalue weighted by molar-refractivity contribution is 9.10. The van der Waals surface area contributed by atoms with Crippen molar-refractivity contribution < 1.29 is 13.2 Å². The number of nitrogens with two attached hydrogens (primary N) is 2. The van der Waals surface area contributed by atoms with E-state index in [4.69, 9.17) is 10.9 Å². The Morgan fingerprint density at radius 2 is 1.80 bits per heavy atom. The van der Waals surface area contributed by atoms with E-state index < -0.39 is 10.2 Å². The van der Waals surface area contributed by atoms with Gasteiger partial charge in [-0.3, -0.25) is 4.79 Å². The number of rotatable bonds is 2. The van der Waals surface area contributed by atoms with Crippen LogP contribution in [0.3, 0.4) is 0 Å². The third-order valence-electron chi connectivity index (χ3n) is 3.13. The first-order valence-corrected chi connectivity index (χ1v) is 8.21. The van der Waals surface area contributed by atoms with Gasteiger partial charge in [-0.2, -0.15) is 12.7 Å². The van der Waals surface area contributed by atoms with E-state index in [2.05, 4.69) is 15.9 Å². The van der Waals surface area contributed by atoms with E-state index in [1.807, 2.05) is 0 Å². The topological polar surface area (TPSA) is 110 Å². The molecule has 1 heterocycles. The lowest BCUT2D eigenvalue weighted by Gasteiger charge is -2.33. The Balaban J connectivity index is 2.11. The van der Waals surface area contributed by atoms with Crippen molar-refractivity contribution in [2.24, 2.45) is 5.14 Å². The van der Waals surface area contributed by atoms with Crippen LogP contribution >= 0.6 is 15.9 Å². The van der Waals surface area contributed by atoms with Gasteiger partial charge in [0, 0.05) is 36.3 Å². The molecule has 110 valence electrons. The summed E-state index contributed by atoms with van der Waals surface area (Å²) in [6.07, 6.45) is 0. The summed E-state index contributed by atoms with van der Waals surface area (Å²) in [5.74, 6) is -0.210. The normalized spacial score (nSPS) is 17.2. The fourth-order valence-electron chi connectivity index (χ4n) is 2.03. The summed E-state index contributed by atoms with van der Waals surface area (Å²) in [5, 5.41) is 5.06. The molecule has 1 saturated heterocycles. The van der Waals surface area contributed by atoms with E-state index >= 15 is 0 Å². The molecule has 2 rings (SSSR count). The number of hydrogen-bond donors (Lipinski definition) is 2. The molecule has 20 heavy (non-hydrogen) atoms. The molecule has 4 N–H and O–H groups in total. The summed E-state index contributed by atoms with van der Waals surface area (Å²) in [4.78, 5) is 13.9. The molecule has 0 bridgehead atoms. The number of carbonyl (C=O) groups is 1. The number of hydrogen-bond acceptors (Lipinski definition) is 4. The predicted octanol–water partition coefficient (Wildman–Crippen LogP) is -0.00740. The molecule has 1 fully saturated rings. The Hall–Kier alpha value is -1.16. The van der Waals surface area contributed by atoms with Crippen LogP contribution in [0.4, 0.5) is 5.69 Å². The largest absolute Gasteiger partial charge is 0.398 e. The van der Waals surface area contributed by atoms with Crippen LogP contribution in [0.15, 0.2) is 22.7 Å². The van der Waals surface area contributed by atoms with Crippen LogP contribution in [-0.2, 0) is 10.2 Å². The molecule has 0 radical (unpaired) electrons. The van der Waals surface area contributed by atoms with Crippen molar-refractivity contribution in [3.63, 3.8) is 0 Å². The van der Waals surface area contributed by atoms with Gasteiger partial charge in [0.1, 0.15) is 0 Å². The Kier molecular flexibility index (Phi) is 4.33. The van der Waals surface area contributed by atoms with Crippen LogP contribution in [0.2, 0.25) is 0 Å². The minimum absolute atomic E-state index is 0.193. The van der Waals surface area contributed by atoms with Gasteiger partial charge in [0.2, 0.25) is 0 Å². The number of benzene rings is 1. The van der Waals surface area contributed by atoms with Gasteiger partial charge in [0.25, 0.3) is 16.1 Å². The van der Waals surface area contributed by atoms with Crippen LogP contribution in [-0.4, -0.2) is 49.7 Å². The number of nitrogen functional groups attached to an aromatic ring is 1. The number of halogens is 1. The fraction of sp³-hybridized carbons (Fsp3) is 0.364. The van der Waals surface area contributed by atoms with Crippen molar-refractivity contribution in [3.05, 3.63) is 28.2 Å². The monoisotopic (exact) mass is 362 g/mol. The van der Waals surface area contributed by atoms with Gasteiger partial charge in [-0.1, -0.05) is 15.9 Å². The molecule has 1 aromatic rings. The zero-order chi connectivity index (χ0) is 14.9. The highest BCUT2D eigenvalue weighted by atomic mass is 79.9. The Labute approximate surface area is 125 Å². The highest BCUT2D eigenvalue weighted by Gasteiger charge is 2.27. The maximum Gasteiger partial charge on any atom is 0.277 e. The van der Waals surface area contributed by atoms with Crippen molar-refractivity contribution in [3.8, 4) is 0 Å². The lowest BCUT2D eigenvalue weighted by Crippen LogP contribution is -2.52. The summed E-state index contributed by atoms with van der Waals surface area (Å²) in [5.41, 5.74) is 6.60. The zero-order valence-electron chi connectivity index (χ0n) is 10.6. The first kappa shape index (κ1) is 15.2. The SMILES string of the molecule is Nc1ccc(Br)cc1C(=O)N1CCN(S(N)(=O)=O)CC1. The summed E-state index contributed by atoms with van der Waals surface area (Å²) in [6.45, 7) is 0.972. The summed E-state index contributed by atoms with van der Waals surface area (Å²) < 4.78 is 24.3. The van der Waals surface area contributed by atoms with Crippen molar-refractivity contribution in [1.82, 2.24) is 9.21 Å². The molecule has 1 aliphatic heterocycles. The van der Waals surface area contributed by atoms with Gasteiger partial charge in [-0.05, 0) is 18.2 Å². The average Bonchev–Trinajstić information content (AvgIpc) is 2.40. The molecule has 0 aliphatic carbocycles. The van der Waals surface area contributed by atoms with Crippen LogP contribution in [0, 0.1) is 0 Å². The number of carbonyl (C=O) groups excluding carboxylic acids is 1. The maximum atomic E-state index is 12.4. The van der Waals surface area contributed by atoms with E-state index in [9.17, 15) is 13.2 Å². The second-order valence-electron chi connectivity index (χ2n) is 4.47. The molecule has 0 atom stereocenters. The van der Waals surface area contributed by atoms with Crippen LogP contribution in [0.1, 0.15) is 10.4 Å². The third-order valence-corrected chi connectivity index (χ3v) is 4.71. The molecular formula is C11H15BrN4O3S. The smallest absolute Gasteiger partial charge is 0.277 e. The minimum Gasteiger partial charge on any atom is -0.398 e. The van der Waals surface area contributed by atoms with E-state index in [-0.39, 0.29) is 19.0 Å². The molecule has 0 spiro atoms. The molecule has 0 saturated carbocycles. The Bertz CT molecular complexity index is 627. The first-order valence-electron chi connectivity index (χ1n) is 5.91. The first-order chi connectivity index (χ1) is 9.29. The van der Waals surface area contributed by atoms with Gasteiger partial charge in [-0.25, -0.2) is 5.14 Å². The van der Waals surface area contributed by atoms with E-state index in [1.165, 1.54) is 0 Å². The summed E-state index contributed by atoms with van der Waals surface area (Å²) in [7, 11) is -3.69. The van der Waals surface area contributed by atoms with Crippen molar-refractivity contribution in [2.75, 3.05) is 31.9 Å². The molecular weight excluding hydrogens is 348 g/mol. The van der Waals surface area contributed by atoms with Gasteiger partial charge < -0.3 is 10.6 Å². The number of piperazine rings is 1. The Morgan fingerprint density at radius 1 is 1.20 bits per heavy atom. The second kappa shape index (κ2) is 5.68. The molecule has 1 aromatic carbocycles. The predicted molar refractivity (Wildman–Crippen MR) is 79.1 cm³/mol. The molecule has 9 heteroatoms. The highest BCUT2D eigenvalue weighted by Crippen LogP contribution is 2.20. The lowest BCUT2D eigenvalue weighted by atomic mass is 10.1. The molecule has 1 aliphatic rings. The van der Waals surface area contributed by atoms with E-state index in [1.54, 1.807) is 23.1 Å². The summed E-state index contributed by atoms with van der Waals surface area (Å²) in [6, 6.07) is 5.06. The standard InChI is InChI=1S/C11H15BrN4O3S/c12-8-1-2-10(13)9(7-8)11(17)15-3-5-16(6-4-15)20(14,18)19/h1-2,7H,3-6,13H2,(H2,14,18,19). The van der Waals surface area contributed by atoms with Gasteiger partial charge in [-0.15, -0.1) is 0 Å². The van der Waals surface area contributed by atoms with Crippen molar-refractivity contribution in [2.45, 2.75) is 0 Å². The summed E-state index contributed by atoms with van der Waals surface area (Å²) >= 11 is 3.29. The van der Waals surface area contributed by atoms with Gasteiger partial charge >= 0.3 is 0 Å². The minimum atomic E-state index is -3.69. The third kappa shape index (κ3) is 3.29. The van der Waals surface area contributed by atoms with Gasteiger partial charge in [0.15, 0.2) is 0 Å². The van der Waals surface area contributed by atoms with Gasteiger partial charge in [0.05, 0.1) is 5.56 Å². The van der Waals surface area contributed by atoms with E-state index in [0.29, 0.717) is 24.3 Å². The lowest BCUT2D eigenvalue weighted by molar-refractivity contribution is 0.0699. The van der Waals surface area contributed by atoms with E-state index in [0.717, 1.165) is 8.78 Å². The van der Waals surface area contributed by atoms with Crippen LogP contribution < -0.4 is 10.9 Å². The van der Waals surface area contributed by atoms with Crippen molar-refractivity contribution in [1.29, 1.82) is 0 Å². The molecule has 0 aromatic heterocycles. The number of nitrogens with zero attached hydrogens (tertiary/aromatic N) is 2. The second-order valence-corrected chi connectivity index (χ2v) is 6.93. The molecule has 0 unspecified atom stereocenters. The molecule has 7 nitrogen and oxygen atoms in total. The fourth-order valence-corrected chi connectivity index (χ4v) is 3.06. The zero-order valence-corrected chi connectivity index (χ0v) is 13.0. The number of amides is 1. The molecule has 1 amide bonds. The van der Waals surface area contributed by atoms with Crippen LogP contribution in [0.25, 0.3) is 0 Å².